The third kappa shape index (κ3) is 4.19. The normalized spacial score (nSPS) is 16.0. The maximum absolute atomic E-state index is 12.9. The molecule has 0 aromatic heterocycles. The first-order valence-corrected chi connectivity index (χ1v) is 10.3. The van der Waals surface area contributed by atoms with E-state index in [1.54, 1.807) is 18.2 Å². The van der Waals surface area contributed by atoms with Crippen LogP contribution < -0.4 is 10.8 Å². The van der Waals surface area contributed by atoms with Crippen molar-refractivity contribution in [2.24, 2.45) is 0 Å². The molecule has 0 spiro atoms. The Morgan fingerprint density at radius 2 is 1.89 bits per heavy atom. The second-order valence-corrected chi connectivity index (χ2v) is 8.53. The first-order chi connectivity index (χ1) is 13.3. The molecule has 2 aromatic rings. The quantitative estimate of drug-likeness (QED) is 0.427. The average Bonchev–Trinajstić information content (AvgIpc) is 2.69. The Bertz CT molecular complexity index is 975. The van der Waals surface area contributed by atoms with E-state index in [1.807, 2.05) is 0 Å². The van der Waals surface area contributed by atoms with Gasteiger partial charge < -0.3 is 10.4 Å². The molecular weight excluding hydrogens is 381 g/mol. The van der Waals surface area contributed by atoms with Crippen molar-refractivity contribution >= 4 is 34.7 Å². The fraction of sp³-hybridized carbons (Fsp3) is 0.333. The lowest BCUT2D eigenvalue weighted by Gasteiger charge is -2.32. The number of nitrogens with one attached hydrogen (secondary N) is 1. The second kappa shape index (κ2) is 8.30. The number of anilines is 1. The number of nitrogens with zero attached hydrogens (tertiary/aromatic N) is 2. The summed E-state index contributed by atoms with van der Waals surface area (Å²) in [6, 6.07) is 10.6. The Kier molecular flexibility index (Phi) is 6.02. The van der Waals surface area contributed by atoms with Gasteiger partial charge in [-0.3, -0.25) is 10.1 Å². The van der Waals surface area contributed by atoms with Gasteiger partial charge in [-0.2, -0.15) is 4.31 Å². The van der Waals surface area contributed by atoms with Crippen molar-refractivity contribution in [2.75, 3.05) is 18.4 Å². The number of hydrogen-bond acceptors (Lipinski definition) is 6. The summed E-state index contributed by atoms with van der Waals surface area (Å²) in [5.41, 5.74) is 1.57. The van der Waals surface area contributed by atoms with Gasteiger partial charge in [-0.1, -0.05) is 29.7 Å². The molecule has 0 amide bonds. The average molecular weight is 401 g/mol. The summed E-state index contributed by atoms with van der Waals surface area (Å²) in [5, 5.41) is 24.0. The summed E-state index contributed by atoms with van der Waals surface area (Å²) in [7, 11) is 1.79. The molecule has 1 aliphatic heterocycles. The molecule has 1 heterocycles. The van der Waals surface area contributed by atoms with Crippen LogP contribution in [0.2, 0.25) is 0 Å². The molecule has 146 valence electrons. The highest BCUT2D eigenvalue weighted by atomic mass is 32.2. The largest absolute Gasteiger partial charge is 0.392 e. The summed E-state index contributed by atoms with van der Waals surface area (Å²) >= 11 is 0. The number of hydrogen-bond donors (Lipinski definition) is 2. The number of sulfonamides is 1. The molecule has 2 radical (unpaired) electrons. The lowest BCUT2D eigenvalue weighted by Crippen LogP contribution is -2.42. The number of rotatable bonds is 6. The van der Waals surface area contributed by atoms with E-state index in [1.165, 1.54) is 28.6 Å². The molecule has 2 N–H and O–H groups in total. The van der Waals surface area contributed by atoms with Crippen LogP contribution in [-0.2, 0) is 16.6 Å². The van der Waals surface area contributed by atoms with Crippen LogP contribution in [0.4, 0.5) is 11.4 Å². The highest BCUT2D eigenvalue weighted by Gasteiger charge is 2.34. The van der Waals surface area contributed by atoms with Crippen LogP contribution in [0.5, 0.6) is 0 Å². The minimum absolute atomic E-state index is 0.0196. The van der Waals surface area contributed by atoms with Crippen LogP contribution in [-0.4, -0.2) is 49.7 Å². The Morgan fingerprint density at radius 3 is 2.54 bits per heavy atom. The van der Waals surface area contributed by atoms with Gasteiger partial charge in [0.05, 0.1) is 11.5 Å². The number of nitro groups is 1. The van der Waals surface area contributed by atoms with E-state index < -0.39 is 20.6 Å². The molecule has 28 heavy (non-hydrogen) atoms. The van der Waals surface area contributed by atoms with Crippen LogP contribution in [0.25, 0.3) is 0 Å². The SMILES string of the molecule is [B]c1ccc(NC2CCN(S(=O)(=O)c3ccccc3[N+](=O)[O-])CC2)c(CO)c1. The molecule has 0 bridgehead atoms. The van der Waals surface area contributed by atoms with Crippen LogP contribution >= 0.6 is 0 Å². The van der Waals surface area contributed by atoms with E-state index in [2.05, 4.69) is 5.32 Å². The molecule has 1 fully saturated rings. The van der Waals surface area contributed by atoms with Gasteiger partial charge in [0.25, 0.3) is 5.69 Å². The Labute approximate surface area is 164 Å². The summed E-state index contributed by atoms with van der Waals surface area (Å²) in [6.07, 6.45) is 1.07. The van der Waals surface area contributed by atoms with Gasteiger partial charge >= 0.3 is 0 Å². The Morgan fingerprint density at radius 1 is 1.21 bits per heavy atom. The van der Waals surface area contributed by atoms with Crippen LogP contribution in [0.1, 0.15) is 18.4 Å². The van der Waals surface area contributed by atoms with Gasteiger partial charge in [-0.25, -0.2) is 8.42 Å². The van der Waals surface area contributed by atoms with Gasteiger partial charge in [-0.15, -0.1) is 0 Å². The highest BCUT2D eigenvalue weighted by molar-refractivity contribution is 7.89. The van der Waals surface area contributed by atoms with Gasteiger partial charge in [0.15, 0.2) is 4.90 Å². The molecule has 3 rings (SSSR count). The fourth-order valence-corrected chi connectivity index (χ4v) is 4.94. The number of aliphatic hydroxyl groups is 1. The molecule has 1 aliphatic rings. The van der Waals surface area contributed by atoms with Crippen LogP contribution in [0.15, 0.2) is 47.4 Å². The van der Waals surface area contributed by atoms with Gasteiger partial charge in [-0.05, 0) is 30.5 Å². The lowest BCUT2D eigenvalue weighted by atomic mass is 9.93. The molecule has 0 saturated carbocycles. The van der Waals surface area contributed by atoms with Crippen LogP contribution in [0, 0.1) is 10.1 Å². The van der Waals surface area contributed by atoms with Crippen molar-refractivity contribution in [1.82, 2.24) is 4.31 Å². The minimum Gasteiger partial charge on any atom is -0.392 e. The van der Waals surface area contributed by atoms with Crippen molar-refractivity contribution in [3.8, 4) is 0 Å². The monoisotopic (exact) mass is 401 g/mol. The smallest absolute Gasteiger partial charge is 0.289 e. The molecule has 8 nitrogen and oxygen atoms in total. The zero-order chi connectivity index (χ0) is 20.3. The number of aliphatic hydroxyl groups excluding tert-OH is 1. The fourth-order valence-electron chi connectivity index (χ4n) is 3.31. The number of nitro benzene ring substituents is 1. The zero-order valence-electron chi connectivity index (χ0n) is 15.1. The number of benzene rings is 2. The van der Waals surface area contributed by atoms with Gasteiger partial charge in [0.1, 0.15) is 7.85 Å². The van der Waals surface area contributed by atoms with Crippen molar-refractivity contribution in [2.45, 2.75) is 30.4 Å². The molecule has 0 aliphatic carbocycles. The summed E-state index contributed by atoms with van der Waals surface area (Å²) in [5.74, 6) is 0. The third-order valence-electron chi connectivity index (χ3n) is 4.79. The lowest BCUT2D eigenvalue weighted by molar-refractivity contribution is -0.387. The Balaban J connectivity index is 1.71. The first kappa shape index (κ1) is 20.3. The first-order valence-electron chi connectivity index (χ1n) is 8.82. The topological polar surface area (TPSA) is 113 Å². The molecule has 2 aromatic carbocycles. The molecule has 10 heteroatoms. The molecule has 0 atom stereocenters. The zero-order valence-corrected chi connectivity index (χ0v) is 15.9. The number of piperidine rings is 1. The predicted octanol–water partition coefficient (Wildman–Crippen LogP) is 1.15. The van der Waals surface area contributed by atoms with E-state index in [4.69, 9.17) is 7.85 Å². The van der Waals surface area contributed by atoms with E-state index in [-0.39, 0.29) is 30.6 Å². The maximum atomic E-state index is 12.9. The van der Waals surface area contributed by atoms with E-state index >= 15 is 0 Å². The van der Waals surface area contributed by atoms with Gasteiger partial charge in [0, 0.05) is 30.9 Å². The second-order valence-electron chi connectivity index (χ2n) is 6.62. The standard InChI is InChI=1S/C18H20BN3O5S/c19-14-5-6-16(13(11-14)12-23)20-15-7-9-21(10-8-15)28(26,27)18-4-2-1-3-17(18)22(24)25/h1-6,11,15,20,23H,7-10,12H2. The Hall–Kier alpha value is -2.43. The van der Waals surface area contributed by atoms with E-state index in [0.29, 0.717) is 23.9 Å². The number of para-hydroxylation sites is 1. The van der Waals surface area contributed by atoms with Crippen molar-refractivity contribution in [3.63, 3.8) is 0 Å². The summed E-state index contributed by atoms with van der Waals surface area (Å²) < 4.78 is 27.0. The van der Waals surface area contributed by atoms with Crippen molar-refractivity contribution in [3.05, 3.63) is 58.1 Å². The minimum atomic E-state index is -3.95. The third-order valence-corrected chi connectivity index (χ3v) is 6.74. The molecular formula is C18H20BN3O5S. The van der Waals surface area contributed by atoms with E-state index in [9.17, 15) is 23.6 Å². The highest BCUT2D eigenvalue weighted by Crippen LogP contribution is 2.29. The predicted molar refractivity (Wildman–Crippen MR) is 106 cm³/mol. The van der Waals surface area contributed by atoms with Crippen molar-refractivity contribution < 1.29 is 18.4 Å². The van der Waals surface area contributed by atoms with Crippen LogP contribution in [0.3, 0.4) is 0 Å². The maximum Gasteiger partial charge on any atom is 0.289 e. The summed E-state index contributed by atoms with van der Waals surface area (Å²) in [4.78, 5) is 10.2. The van der Waals surface area contributed by atoms with Crippen molar-refractivity contribution in [1.29, 1.82) is 0 Å². The summed E-state index contributed by atoms with van der Waals surface area (Å²) in [6.45, 7) is 0.337. The molecule has 1 saturated heterocycles. The van der Waals surface area contributed by atoms with Gasteiger partial charge in [0.2, 0.25) is 10.0 Å². The van der Waals surface area contributed by atoms with E-state index in [0.717, 1.165) is 5.69 Å². The molecule has 0 unspecified atom stereocenters.